The molecule has 20 heavy (non-hydrogen) atoms. The maximum absolute atomic E-state index is 5.73. The first-order valence-electron chi connectivity index (χ1n) is 7.56. The molecular weight excluding hydrogens is 254 g/mol. The first-order chi connectivity index (χ1) is 9.61. The van der Waals surface area contributed by atoms with Gasteiger partial charge in [0.05, 0.1) is 6.10 Å². The number of aromatic nitrogens is 3. The second-order valence-corrected chi connectivity index (χ2v) is 6.62. The SMILES string of the molecule is CC(C)Oc1nc(N)nc(NC2C3C4CCC(C4)C23)n1. The van der Waals surface area contributed by atoms with Gasteiger partial charge >= 0.3 is 6.01 Å². The molecule has 3 N–H and O–H groups in total. The molecule has 0 aromatic carbocycles. The van der Waals surface area contributed by atoms with Crippen LogP contribution in [0.15, 0.2) is 0 Å². The highest BCUT2D eigenvalue weighted by molar-refractivity contribution is 5.38. The van der Waals surface area contributed by atoms with Gasteiger partial charge in [0.15, 0.2) is 0 Å². The van der Waals surface area contributed by atoms with Crippen molar-refractivity contribution in [2.75, 3.05) is 11.1 Å². The number of fused-ring (bicyclic) bond motifs is 5. The molecular formula is C14H21N5O. The summed E-state index contributed by atoms with van der Waals surface area (Å²) in [5.41, 5.74) is 5.73. The molecule has 0 amide bonds. The minimum atomic E-state index is 0.0285. The number of hydrogen-bond acceptors (Lipinski definition) is 6. The molecule has 108 valence electrons. The number of nitrogens with two attached hydrogens (primary N) is 1. The number of nitrogens with zero attached hydrogens (tertiary/aromatic N) is 3. The molecule has 3 aliphatic carbocycles. The monoisotopic (exact) mass is 275 g/mol. The van der Waals surface area contributed by atoms with E-state index in [0.29, 0.717) is 18.0 Å². The van der Waals surface area contributed by atoms with Crippen molar-refractivity contribution in [3.05, 3.63) is 0 Å². The van der Waals surface area contributed by atoms with Crippen molar-refractivity contribution in [3.8, 4) is 6.01 Å². The second-order valence-electron chi connectivity index (χ2n) is 6.62. The minimum Gasteiger partial charge on any atom is -0.461 e. The molecule has 0 spiro atoms. The zero-order chi connectivity index (χ0) is 13.9. The maximum Gasteiger partial charge on any atom is 0.323 e. The van der Waals surface area contributed by atoms with Crippen molar-refractivity contribution >= 4 is 11.9 Å². The zero-order valence-corrected chi connectivity index (χ0v) is 11.9. The van der Waals surface area contributed by atoms with Crippen LogP contribution in [0, 0.1) is 23.7 Å². The Morgan fingerprint density at radius 1 is 1.15 bits per heavy atom. The zero-order valence-electron chi connectivity index (χ0n) is 11.9. The molecule has 0 saturated heterocycles. The molecule has 3 saturated carbocycles. The van der Waals surface area contributed by atoms with Gasteiger partial charge in [-0.05, 0) is 56.8 Å². The predicted octanol–water partition coefficient (Wildman–Crippen LogP) is 1.70. The third-order valence-corrected chi connectivity index (χ3v) is 5.00. The summed E-state index contributed by atoms with van der Waals surface area (Å²) in [4.78, 5) is 12.5. The van der Waals surface area contributed by atoms with E-state index in [0.717, 1.165) is 23.7 Å². The summed E-state index contributed by atoms with van der Waals surface area (Å²) in [6.45, 7) is 3.88. The minimum absolute atomic E-state index is 0.0285. The molecule has 4 atom stereocenters. The summed E-state index contributed by atoms with van der Waals surface area (Å²) in [5, 5.41) is 3.45. The number of nitrogens with one attached hydrogen (secondary N) is 1. The van der Waals surface area contributed by atoms with E-state index in [4.69, 9.17) is 10.5 Å². The second kappa shape index (κ2) is 4.20. The van der Waals surface area contributed by atoms with Crippen molar-refractivity contribution in [1.82, 2.24) is 15.0 Å². The topological polar surface area (TPSA) is 86.0 Å². The summed E-state index contributed by atoms with van der Waals surface area (Å²) in [6, 6.07) is 0.846. The largest absolute Gasteiger partial charge is 0.461 e. The maximum atomic E-state index is 5.73. The first-order valence-corrected chi connectivity index (χ1v) is 7.56. The van der Waals surface area contributed by atoms with Crippen LogP contribution < -0.4 is 15.8 Å². The van der Waals surface area contributed by atoms with Crippen LogP contribution >= 0.6 is 0 Å². The lowest BCUT2D eigenvalue weighted by Crippen LogP contribution is -2.17. The molecule has 2 bridgehead atoms. The van der Waals surface area contributed by atoms with E-state index in [1.807, 2.05) is 13.8 Å². The van der Waals surface area contributed by atoms with Gasteiger partial charge < -0.3 is 15.8 Å². The van der Waals surface area contributed by atoms with Crippen LogP contribution in [0.2, 0.25) is 0 Å². The van der Waals surface area contributed by atoms with E-state index in [1.54, 1.807) is 0 Å². The van der Waals surface area contributed by atoms with Crippen LogP contribution in [0.5, 0.6) is 6.01 Å². The average molecular weight is 275 g/mol. The molecule has 0 aliphatic heterocycles. The van der Waals surface area contributed by atoms with Crippen LogP contribution in [0.3, 0.4) is 0 Å². The molecule has 6 nitrogen and oxygen atoms in total. The van der Waals surface area contributed by atoms with Crippen molar-refractivity contribution in [2.24, 2.45) is 23.7 Å². The Labute approximate surface area is 118 Å². The van der Waals surface area contributed by atoms with Gasteiger partial charge in [-0.3, -0.25) is 0 Å². The molecule has 0 radical (unpaired) electrons. The smallest absolute Gasteiger partial charge is 0.323 e. The van der Waals surface area contributed by atoms with Gasteiger partial charge in [0, 0.05) is 6.04 Å². The molecule has 1 heterocycles. The van der Waals surface area contributed by atoms with E-state index in [9.17, 15) is 0 Å². The van der Waals surface area contributed by atoms with Gasteiger partial charge in [0.1, 0.15) is 0 Å². The fraction of sp³-hybridized carbons (Fsp3) is 0.786. The fourth-order valence-electron chi connectivity index (χ4n) is 4.37. The van der Waals surface area contributed by atoms with Crippen molar-refractivity contribution < 1.29 is 4.74 Å². The fourth-order valence-corrected chi connectivity index (χ4v) is 4.37. The number of nitrogen functional groups attached to an aromatic ring is 1. The lowest BCUT2D eigenvalue weighted by atomic mass is 10.0. The van der Waals surface area contributed by atoms with E-state index < -0.39 is 0 Å². The Morgan fingerprint density at radius 2 is 1.85 bits per heavy atom. The summed E-state index contributed by atoms with van der Waals surface area (Å²) in [5.74, 6) is 4.29. The Morgan fingerprint density at radius 3 is 2.50 bits per heavy atom. The third-order valence-electron chi connectivity index (χ3n) is 5.00. The van der Waals surface area contributed by atoms with Crippen LogP contribution in [0.4, 0.5) is 11.9 Å². The normalized spacial score (nSPS) is 37.0. The van der Waals surface area contributed by atoms with E-state index in [2.05, 4.69) is 20.3 Å². The summed E-state index contributed by atoms with van der Waals surface area (Å²) >= 11 is 0. The quantitative estimate of drug-likeness (QED) is 0.869. The number of hydrogen-bond donors (Lipinski definition) is 2. The highest BCUT2D eigenvalue weighted by Crippen LogP contribution is 2.66. The molecule has 4 rings (SSSR count). The van der Waals surface area contributed by atoms with Gasteiger partial charge in [-0.25, -0.2) is 0 Å². The Bertz CT molecular complexity index is 518. The molecule has 4 unspecified atom stereocenters. The Kier molecular flexibility index (Phi) is 2.56. The third kappa shape index (κ3) is 1.89. The van der Waals surface area contributed by atoms with Crippen molar-refractivity contribution in [3.63, 3.8) is 0 Å². The molecule has 3 fully saturated rings. The van der Waals surface area contributed by atoms with Crippen LogP contribution in [-0.4, -0.2) is 27.1 Å². The van der Waals surface area contributed by atoms with Crippen LogP contribution in [0.1, 0.15) is 33.1 Å². The number of ether oxygens (including phenoxy) is 1. The first kappa shape index (κ1) is 12.2. The van der Waals surface area contributed by atoms with Crippen LogP contribution in [0.25, 0.3) is 0 Å². The lowest BCUT2D eigenvalue weighted by molar-refractivity contribution is 0.222. The summed E-state index contributed by atoms with van der Waals surface area (Å²) in [6.07, 6.45) is 4.28. The summed E-state index contributed by atoms with van der Waals surface area (Å²) < 4.78 is 5.50. The van der Waals surface area contributed by atoms with Crippen molar-refractivity contribution in [1.29, 1.82) is 0 Å². The predicted molar refractivity (Wildman–Crippen MR) is 75.2 cm³/mol. The van der Waals surface area contributed by atoms with E-state index in [1.165, 1.54) is 19.3 Å². The number of anilines is 2. The average Bonchev–Trinajstić information content (AvgIpc) is 2.77. The molecule has 1 aromatic heterocycles. The Balaban J connectivity index is 1.48. The molecule has 1 aromatic rings. The standard InChI is InChI=1S/C14H21N5O/c1-6(2)20-14-18-12(15)17-13(19-14)16-11-9-7-3-4-8(5-7)10(9)11/h6-11H,3-5H2,1-2H3,(H3,15,16,17,18,19). The van der Waals surface area contributed by atoms with Crippen LogP contribution in [-0.2, 0) is 0 Å². The van der Waals surface area contributed by atoms with Gasteiger partial charge in [-0.15, -0.1) is 0 Å². The number of rotatable bonds is 4. The lowest BCUT2D eigenvalue weighted by Gasteiger charge is -2.12. The highest BCUT2D eigenvalue weighted by Gasteiger charge is 2.65. The van der Waals surface area contributed by atoms with Gasteiger partial charge in [0.25, 0.3) is 0 Å². The van der Waals surface area contributed by atoms with Gasteiger partial charge in [-0.2, -0.15) is 15.0 Å². The van der Waals surface area contributed by atoms with Gasteiger partial charge in [0.2, 0.25) is 11.9 Å². The Hall–Kier alpha value is -1.59. The van der Waals surface area contributed by atoms with E-state index >= 15 is 0 Å². The van der Waals surface area contributed by atoms with Gasteiger partial charge in [-0.1, -0.05) is 0 Å². The highest BCUT2D eigenvalue weighted by atomic mass is 16.5. The van der Waals surface area contributed by atoms with E-state index in [-0.39, 0.29) is 12.1 Å². The molecule has 3 aliphatic rings. The summed E-state index contributed by atoms with van der Waals surface area (Å²) in [7, 11) is 0. The van der Waals surface area contributed by atoms with Crippen molar-refractivity contribution in [2.45, 2.75) is 45.3 Å². The molecule has 6 heteroatoms.